The Hall–Kier alpha value is -1.43. The second-order valence-corrected chi connectivity index (χ2v) is 4.63. The van der Waals surface area contributed by atoms with Crippen molar-refractivity contribution in [1.82, 2.24) is 5.32 Å². The summed E-state index contributed by atoms with van der Waals surface area (Å²) in [6.07, 6.45) is 0.431. The van der Waals surface area contributed by atoms with Crippen LogP contribution in [0.25, 0.3) is 0 Å². The van der Waals surface area contributed by atoms with E-state index in [4.69, 9.17) is 5.11 Å². The highest BCUT2D eigenvalue weighted by Gasteiger charge is 2.17. The Morgan fingerprint density at radius 2 is 2.17 bits per heavy atom. The summed E-state index contributed by atoms with van der Waals surface area (Å²) in [7, 11) is 0. The van der Waals surface area contributed by atoms with E-state index in [2.05, 4.69) is 21.2 Å². The highest BCUT2D eigenvalue weighted by molar-refractivity contribution is 9.10. The molecule has 1 unspecified atom stereocenters. The number of hydrogen-bond donors (Lipinski definition) is 2. The van der Waals surface area contributed by atoms with Gasteiger partial charge in [0.2, 0.25) is 0 Å². The highest BCUT2D eigenvalue weighted by atomic mass is 79.9. The Kier molecular flexibility index (Phi) is 5.27. The molecule has 0 radical (unpaired) electrons. The first-order valence-electron chi connectivity index (χ1n) is 5.41. The molecule has 1 amide bonds. The van der Waals surface area contributed by atoms with Crippen molar-refractivity contribution in [1.29, 1.82) is 0 Å². The van der Waals surface area contributed by atoms with E-state index in [0.29, 0.717) is 10.9 Å². The molecule has 18 heavy (non-hydrogen) atoms. The van der Waals surface area contributed by atoms with E-state index in [1.807, 2.05) is 0 Å². The summed E-state index contributed by atoms with van der Waals surface area (Å²) < 4.78 is 13.2. The van der Waals surface area contributed by atoms with E-state index in [1.54, 1.807) is 6.92 Å². The molecule has 4 nitrogen and oxygen atoms in total. The molecule has 0 aliphatic carbocycles. The number of carboxylic acids is 1. The number of carbonyl (C=O) groups excluding carboxylic acids is 1. The fourth-order valence-corrected chi connectivity index (χ4v) is 1.92. The van der Waals surface area contributed by atoms with Gasteiger partial charge in [-0.15, -0.1) is 0 Å². The van der Waals surface area contributed by atoms with Crippen molar-refractivity contribution in [2.45, 2.75) is 13.3 Å². The average Bonchev–Trinajstić information content (AvgIpc) is 2.28. The lowest BCUT2D eigenvalue weighted by Crippen LogP contribution is -2.32. The second-order valence-electron chi connectivity index (χ2n) is 3.78. The molecular weight excluding hydrogens is 305 g/mol. The quantitative estimate of drug-likeness (QED) is 0.876. The van der Waals surface area contributed by atoms with Crippen LogP contribution < -0.4 is 5.32 Å². The fraction of sp³-hybridized carbons (Fsp3) is 0.333. The van der Waals surface area contributed by atoms with Crippen LogP contribution in [0.1, 0.15) is 23.7 Å². The van der Waals surface area contributed by atoms with Gasteiger partial charge in [0.1, 0.15) is 5.82 Å². The number of halogens is 2. The molecule has 2 N–H and O–H groups in total. The first-order valence-corrected chi connectivity index (χ1v) is 6.21. The number of carbonyl (C=O) groups is 2. The normalized spacial score (nSPS) is 11.9. The monoisotopic (exact) mass is 317 g/mol. The van der Waals surface area contributed by atoms with Gasteiger partial charge in [-0.1, -0.05) is 6.92 Å². The maximum Gasteiger partial charge on any atom is 0.308 e. The van der Waals surface area contributed by atoms with Crippen molar-refractivity contribution in [3.05, 3.63) is 34.1 Å². The Morgan fingerprint density at radius 1 is 1.50 bits per heavy atom. The van der Waals surface area contributed by atoms with Gasteiger partial charge >= 0.3 is 5.97 Å². The van der Waals surface area contributed by atoms with Gasteiger partial charge in [0.25, 0.3) is 5.91 Å². The fourth-order valence-electron chi connectivity index (χ4n) is 1.39. The van der Waals surface area contributed by atoms with E-state index >= 15 is 0 Å². The van der Waals surface area contributed by atoms with E-state index < -0.39 is 23.6 Å². The minimum atomic E-state index is -0.948. The van der Waals surface area contributed by atoms with Crippen molar-refractivity contribution in [3.63, 3.8) is 0 Å². The lowest BCUT2D eigenvalue weighted by molar-refractivity contribution is -0.141. The third kappa shape index (κ3) is 3.80. The Balaban J connectivity index is 2.68. The number of aliphatic carboxylic acids is 1. The average molecular weight is 318 g/mol. The minimum Gasteiger partial charge on any atom is -0.481 e. The topological polar surface area (TPSA) is 66.4 Å². The molecule has 1 aromatic carbocycles. The van der Waals surface area contributed by atoms with Crippen LogP contribution in [0.3, 0.4) is 0 Å². The SMILES string of the molecule is CCC(CNC(=O)c1ccc(F)cc1Br)C(=O)O. The zero-order chi connectivity index (χ0) is 13.7. The van der Waals surface area contributed by atoms with Gasteiger partial charge < -0.3 is 10.4 Å². The van der Waals surface area contributed by atoms with Gasteiger partial charge in [-0.05, 0) is 40.5 Å². The van der Waals surface area contributed by atoms with Crippen LogP contribution in [-0.2, 0) is 4.79 Å². The summed E-state index contributed by atoms with van der Waals surface area (Å²) >= 11 is 3.08. The molecular formula is C12H13BrFNO3. The van der Waals surface area contributed by atoms with Crippen LogP contribution in [0.2, 0.25) is 0 Å². The van der Waals surface area contributed by atoms with E-state index in [-0.39, 0.29) is 12.1 Å². The van der Waals surface area contributed by atoms with Gasteiger partial charge in [-0.2, -0.15) is 0 Å². The van der Waals surface area contributed by atoms with Crippen LogP contribution >= 0.6 is 15.9 Å². The minimum absolute atomic E-state index is 0.0501. The van der Waals surface area contributed by atoms with Crippen molar-refractivity contribution < 1.29 is 19.1 Å². The largest absolute Gasteiger partial charge is 0.481 e. The summed E-state index contributed by atoms with van der Waals surface area (Å²) in [5, 5.41) is 11.4. The summed E-state index contributed by atoms with van der Waals surface area (Å²) in [5.74, 6) is -2.44. The molecule has 0 aliphatic rings. The zero-order valence-corrected chi connectivity index (χ0v) is 11.3. The molecule has 1 aromatic rings. The predicted octanol–water partition coefficient (Wildman–Crippen LogP) is 2.43. The number of amides is 1. The van der Waals surface area contributed by atoms with Gasteiger partial charge in [0, 0.05) is 11.0 Å². The summed E-state index contributed by atoms with van der Waals surface area (Å²) in [6.45, 7) is 1.78. The van der Waals surface area contributed by atoms with Gasteiger partial charge in [-0.25, -0.2) is 4.39 Å². The van der Waals surface area contributed by atoms with Gasteiger partial charge in [0.15, 0.2) is 0 Å². The molecule has 0 heterocycles. The molecule has 6 heteroatoms. The van der Waals surface area contributed by atoms with Crippen LogP contribution in [-0.4, -0.2) is 23.5 Å². The molecule has 0 bridgehead atoms. The summed E-state index contributed by atoms with van der Waals surface area (Å²) in [6, 6.07) is 3.70. The van der Waals surface area contributed by atoms with Crippen molar-refractivity contribution in [3.8, 4) is 0 Å². The smallest absolute Gasteiger partial charge is 0.308 e. The first-order chi connectivity index (χ1) is 8.45. The van der Waals surface area contributed by atoms with Crippen LogP contribution in [0.5, 0.6) is 0 Å². The predicted molar refractivity (Wildman–Crippen MR) is 67.9 cm³/mol. The first kappa shape index (κ1) is 14.6. The van der Waals surface area contributed by atoms with Crippen LogP contribution in [0.4, 0.5) is 4.39 Å². The zero-order valence-electron chi connectivity index (χ0n) is 9.74. The number of benzene rings is 1. The van der Waals surface area contributed by atoms with Crippen molar-refractivity contribution >= 4 is 27.8 Å². The standard InChI is InChI=1S/C12H13BrFNO3/c1-2-7(12(17)18)6-15-11(16)9-4-3-8(14)5-10(9)13/h3-5,7H,2,6H2,1H3,(H,15,16)(H,17,18). The molecule has 1 rings (SSSR count). The van der Waals surface area contributed by atoms with Gasteiger partial charge in [-0.3, -0.25) is 9.59 Å². The maximum absolute atomic E-state index is 12.8. The molecule has 0 saturated heterocycles. The Bertz CT molecular complexity index is 465. The lowest BCUT2D eigenvalue weighted by atomic mass is 10.1. The molecule has 1 atom stereocenters. The third-order valence-corrected chi connectivity index (χ3v) is 3.18. The highest BCUT2D eigenvalue weighted by Crippen LogP contribution is 2.17. The number of rotatable bonds is 5. The maximum atomic E-state index is 12.8. The third-order valence-electron chi connectivity index (χ3n) is 2.53. The molecule has 0 spiro atoms. The Labute approximate surface area is 112 Å². The molecule has 98 valence electrons. The molecule has 0 saturated carbocycles. The molecule has 0 aromatic heterocycles. The van der Waals surface area contributed by atoms with Crippen molar-refractivity contribution in [2.75, 3.05) is 6.54 Å². The Morgan fingerprint density at radius 3 is 2.67 bits per heavy atom. The molecule has 0 aliphatic heterocycles. The van der Waals surface area contributed by atoms with E-state index in [9.17, 15) is 14.0 Å². The van der Waals surface area contributed by atoms with Gasteiger partial charge in [0.05, 0.1) is 11.5 Å². The number of carboxylic acid groups (broad SMARTS) is 1. The molecule has 0 fully saturated rings. The van der Waals surface area contributed by atoms with Crippen LogP contribution in [0.15, 0.2) is 22.7 Å². The summed E-state index contributed by atoms with van der Waals surface area (Å²) in [5.41, 5.74) is 0.275. The van der Waals surface area contributed by atoms with E-state index in [1.165, 1.54) is 18.2 Å². The van der Waals surface area contributed by atoms with Crippen LogP contribution in [0, 0.1) is 11.7 Å². The van der Waals surface area contributed by atoms with Crippen molar-refractivity contribution in [2.24, 2.45) is 5.92 Å². The summed E-state index contributed by atoms with van der Waals surface area (Å²) in [4.78, 5) is 22.5. The number of hydrogen-bond acceptors (Lipinski definition) is 2. The second kappa shape index (κ2) is 6.49. The lowest BCUT2D eigenvalue weighted by Gasteiger charge is -2.11. The van der Waals surface area contributed by atoms with E-state index in [0.717, 1.165) is 0 Å². The number of nitrogens with one attached hydrogen (secondary N) is 1.